The molecule has 4 N–H and O–H groups in total. The number of carbonyl (C=O) groups is 1. The van der Waals surface area contributed by atoms with E-state index >= 15 is 0 Å². The Labute approximate surface area is 102 Å². The summed E-state index contributed by atoms with van der Waals surface area (Å²) in [5.74, 6) is 0. The molecule has 0 bridgehead atoms. The molecule has 2 amide bonds. The minimum absolute atomic E-state index is 0.0753. The zero-order valence-corrected chi connectivity index (χ0v) is 9.91. The summed E-state index contributed by atoms with van der Waals surface area (Å²) in [6, 6.07) is 7.81. The average molecular weight is 233 g/mol. The van der Waals surface area contributed by atoms with Crippen LogP contribution in [0, 0.1) is 0 Å². The molecule has 1 aliphatic rings. The summed E-state index contributed by atoms with van der Waals surface area (Å²) < 4.78 is 0. The largest absolute Gasteiger partial charge is 0.399 e. The smallest absolute Gasteiger partial charge is 0.315 e. The molecule has 1 saturated carbocycles. The molecule has 92 valence electrons. The van der Waals surface area contributed by atoms with Gasteiger partial charge in [-0.3, -0.25) is 0 Å². The molecule has 0 heterocycles. The van der Waals surface area contributed by atoms with Crippen molar-refractivity contribution < 1.29 is 4.79 Å². The molecule has 0 atom stereocenters. The van der Waals surface area contributed by atoms with E-state index in [9.17, 15) is 4.79 Å². The number of benzene rings is 1. The van der Waals surface area contributed by atoms with Gasteiger partial charge in [0.2, 0.25) is 0 Å². The van der Waals surface area contributed by atoms with Crippen molar-refractivity contribution >= 4 is 11.7 Å². The molecule has 1 fully saturated rings. The molecule has 1 aromatic rings. The first-order valence-corrected chi connectivity index (χ1v) is 6.13. The summed E-state index contributed by atoms with van der Waals surface area (Å²) in [6.07, 6.45) is 4.66. The van der Waals surface area contributed by atoms with Gasteiger partial charge in [0.05, 0.1) is 0 Å². The molecule has 17 heavy (non-hydrogen) atoms. The zero-order chi connectivity index (χ0) is 12.1. The van der Waals surface area contributed by atoms with Crippen LogP contribution in [0.2, 0.25) is 0 Å². The lowest BCUT2D eigenvalue weighted by Crippen LogP contribution is -2.40. The highest BCUT2D eigenvalue weighted by atomic mass is 16.2. The van der Waals surface area contributed by atoms with E-state index in [2.05, 4.69) is 10.6 Å². The van der Waals surface area contributed by atoms with Gasteiger partial charge in [0.1, 0.15) is 0 Å². The number of amides is 2. The van der Waals surface area contributed by atoms with Crippen molar-refractivity contribution in [3.8, 4) is 0 Å². The fourth-order valence-corrected chi connectivity index (χ4v) is 2.12. The molecule has 0 saturated heterocycles. The minimum atomic E-state index is -0.0753. The van der Waals surface area contributed by atoms with E-state index in [4.69, 9.17) is 5.73 Å². The number of rotatable bonds is 3. The molecule has 4 heteroatoms. The van der Waals surface area contributed by atoms with Crippen LogP contribution in [0.3, 0.4) is 0 Å². The van der Waals surface area contributed by atoms with Crippen LogP contribution >= 0.6 is 0 Å². The quantitative estimate of drug-likeness (QED) is 0.699. The first kappa shape index (κ1) is 11.8. The van der Waals surface area contributed by atoms with Crippen LogP contribution in [0.25, 0.3) is 0 Å². The third-order valence-electron chi connectivity index (χ3n) is 3.12. The number of nitrogen functional groups attached to an aromatic ring is 1. The van der Waals surface area contributed by atoms with Crippen molar-refractivity contribution in [2.45, 2.75) is 38.3 Å². The summed E-state index contributed by atoms with van der Waals surface area (Å²) in [5.41, 5.74) is 7.39. The summed E-state index contributed by atoms with van der Waals surface area (Å²) in [7, 11) is 0. The van der Waals surface area contributed by atoms with Crippen molar-refractivity contribution in [3.05, 3.63) is 29.8 Å². The van der Waals surface area contributed by atoms with Gasteiger partial charge in [-0.25, -0.2) is 4.79 Å². The van der Waals surface area contributed by atoms with Crippen molar-refractivity contribution in [3.63, 3.8) is 0 Å². The molecule has 0 aliphatic heterocycles. The van der Waals surface area contributed by atoms with E-state index in [0.717, 1.165) is 24.1 Å². The van der Waals surface area contributed by atoms with Crippen LogP contribution in [0.1, 0.15) is 31.2 Å². The number of nitrogens with one attached hydrogen (secondary N) is 2. The Hall–Kier alpha value is -1.71. The molecule has 0 aromatic heterocycles. The Bertz CT molecular complexity index is 369. The van der Waals surface area contributed by atoms with Gasteiger partial charge in [0.25, 0.3) is 0 Å². The molecule has 4 nitrogen and oxygen atoms in total. The summed E-state index contributed by atoms with van der Waals surface area (Å²) in [4.78, 5) is 11.6. The normalized spacial score (nSPS) is 15.8. The van der Waals surface area contributed by atoms with Crippen LogP contribution in [0.5, 0.6) is 0 Å². The monoisotopic (exact) mass is 233 g/mol. The van der Waals surface area contributed by atoms with Gasteiger partial charge < -0.3 is 16.4 Å². The fraction of sp³-hybridized carbons (Fsp3) is 0.462. The highest BCUT2D eigenvalue weighted by Gasteiger charge is 2.16. The second-order valence-corrected chi connectivity index (χ2v) is 4.55. The summed E-state index contributed by atoms with van der Waals surface area (Å²) >= 11 is 0. The van der Waals surface area contributed by atoms with Gasteiger partial charge in [0, 0.05) is 18.3 Å². The van der Waals surface area contributed by atoms with Crippen molar-refractivity contribution in [2.75, 3.05) is 5.73 Å². The highest BCUT2D eigenvalue weighted by molar-refractivity contribution is 5.74. The van der Waals surface area contributed by atoms with Crippen molar-refractivity contribution in [1.29, 1.82) is 0 Å². The highest BCUT2D eigenvalue weighted by Crippen LogP contribution is 2.17. The fourth-order valence-electron chi connectivity index (χ4n) is 2.12. The van der Waals surface area contributed by atoms with Crippen LogP contribution < -0.4 is 16.4 Å². The lowest BCUT2D eigenvalue weighted by atomic mass is 10.2. The molecule has 0 spiro atoms. The number of anilines is 1. The predicted molar refractivity (Wildman–Crippen MR) is 68.5 cm³/mol. The molecule has 1 aliphatic carbocycles. The maximum absolute atomic E-state index is 11.6. The van der Waals surface area contributed by atoms with E-state index in [1.54, 1.807) is 0 Å². The Morgan fingerprint density at radius 2 is 1.88 bits per heavy atom. The maximum Gasteiger partial charge on any atom is 0.315 e. The predicted octanol–water partition coefficient (Wildman–Crippen LogP) is 2.01. The topological polar surface area (TPSA) is 67.1 Å². The molecular formula is C13H19N3O. The molecule has 2 rings (SSSR count). The second kappa shape index (κ2) is 5.57. The number of hydrogen-bond acceptors (Lipinski definition) is 2. The number of urea groups is 1. The lowest BCUT2D eigenvalue weighted by Gasteiger charge is -2.12. The molecule has 0 unspecified atom stereocenters. The van der Waals surface area contributed by atoms with Gasteiger partial charge in [-0.1, -0.05) is 25.0 Å². The number of carbonyl (C=O) groups excluding carboxylic acids is 1. The zero-order valence-electron chi connectivity index (χ0n) is 9.91. The van der Waals surface area contributed by atoms with Crippen LogP contribution in [0.15, 0.2) is 24.3 Å². The Morgan fingerprint density at radius 1 is 1.24 bits per heavy atom. The van der Waals surface area contributed by atoms with Gasteiger partial charge in [0.15, 0.2) is 0 Å². The van der Waals surface area contributed by atoms with E-state index in [1.165, 1.54) is 12.8 Å². The van der Waals surface area contributed by atoms with Crippen LogP contribution in [-0.4, -0.2) is 12.1 Å². The van der Waals surface area contributed by atoms with E-state index < -0.39 is 0 Å². The minimum Gasteiger partial charge on any atom is -0.399 e. The van der Waals surface area contributed by atoms with E-state index in [0.29, 0.717) is 12.6 Å². The van der Waals surface area contributed by atoms with Gasteiger partial charge in [-0.15, -0.1) is 0 Å². The number of hydrogen-bond donors (Lipinski definition) is 3. The maximum atomic E-state index is 11.6. The van der Waals surface area contributed by atoms with Crippen molar-refractivity contribution in [1.82, 2.24) is 10.6 Å². The Kier molecular flexibility index (Phi) is 3.85. The molecule has 1 aromatic carbocycles. The standard InChI is InChI=1S/C13H19N3O/c14-11-7-5-10(6-8-11)9-15-13(17)16-12-3-1-2-4-12/h5-8,12H,1-4,9,14H2,(H2,15,16,17). The third-order valence-corrected chi connectivity index (χ3v) is 3.12. The first-order valence-electron chi connectivity index (χ1n) is 6.13. The molecular weight excluding hydrogens is 214 g/mol. The molecule has 0 radical (unpaired) electrons. The van der Waals surface area contributed by atoms with Crippen molar-refractivity contribution in [2.24, 2.45) is 0 Å². The summed E-state index contributed by atoms with van der Waals surface area (Å²) in [5, 5.41) is 5.84. The summed E-state index contributed by atoms with van der Waals surface area (Å²) in [6.45, 7) is 0.541. The van der Waals surface area contributed by atoms with Gasteiger partial charge >= 0.3 is 6.03 Å². The van der Waals surface area contributed by atoms with Gasteiger partial charge in [-0.2, -0.15) is 0 Å². The first-order chi connectivity index (χ1) is 8.24. The lowest BCUT2D eigenvalue weighted by molar-refractivity contribution is 0.236. The van der Waals surface area contributed by atoms with Gasteiger partial charge in [-0.05, 0) is 30.5 Å². The van der Waals surface area contributed by atoms with E-state index in [1.807, 2.05) is 24.3 Å². The van der Waals surface area contributed by atoms with Crippen LogP contribution in [0.4, 0.5) is 10.5 Å². The third kappa shape index (κ3) is 3.66. The Morgan fingerprint density at radius 3 is 2.53 bits per heavy atom. The second-order valence-electron chi connectivity index (χ2n) is 4.55. The SMILES string of the molecule is Nc1ccc(CNC(=O)NC2CCCC2)cc1. The number of nitrogens with two attached hydrogens (primary N) is 1. The van der Waals surface area contributed by atoms with E-state index in [-0.39, 0.29) is 6.03 Å². The average Bonchev–Trinajstić information content (AvgIpc) is 2.81. The van der Waals surface area contributed by atoms with Crippen LogP contribution in [-0.2, 0) is 6.54 Å². The Balaban J connectivity index is 1.73.